The van der Waals surface area contributed by atoms with Crippen molar-refractivity contribution >= 4 is 17.5 Å². The van der Waals surface area contributed by atoms with Gasteiger partial charge in [0.2, 0.25) is 0 Å². The second kappa shape index (κ2) is 5.34. The summed E-state index contributed by atoms with van der Waals surface area (Å²) in [6, 6.07) is 7.23. The molecule has 1 N–H and O–H groups in total. The van der Waals surface area contributed by atoms with Gasteiger partial charge in [0.05, 0.1) is 7.11 Å². The molecule has 98 valence electrons. The van der Waals surface area contributed by atoms with Gasteiger partial charge in [-0.05, 0) is 24.3 Å². The van der Waals surface area contributed by atoms with Crippen LogP contribution in [-0.2, 0) is 0 Å². The third-order valence-corrected chi connectivity index (χ3v) is 2.66. The first-order chi connectivity index (χ1) is 9.13. The van der Waals surface area contributed by atoms with E-state index in [1.165, 1.54) is 12.4 Å². The summed E-state index contributed by atoms with van der Waals surface area (Å²) in [5.41, 5.74) is 0.713. The number of nitrogens with zero attached hydrogens (tertiary/aromatic N) is 3. The van der Waals surface area contributed by atoms with Crippen LogP contribution in [0.15, 0.2) is 36.7 Å². The third-order valence-electron chi connectivity index (χ3n) is 2.66. The number of aromatic nitrogens is 2. The Morgan fingerprint density at radius 1 is 1.21 bits per heavy atom. The highest BCUT2D eigenvalue weighted by atomic mass is 16.5. The number of benzene rings is 1. The zero-order chi connectivity index (χ0) is 13.8. The van der Waals surface area contributed by atoms with E-state index >= 15 is 0 Å². The number of carboxylic acid groups (broad SMARTS) is 1. The van der Waals surface area contributed by atoms with E-state index in [1.807, 2.05) is 12.1 Å². The fourth-order valence-corrected chi connectivity index (χ4v) is 1.66. The molecular weight excluding hydrogens is 246 g/mol. The summed E-state index contributed by atoms with van der Waals surface area (Å²) < 4.78 is 5.08. The number of anilines is 2. The van der Waals surface area contributed by atoms with Crippen molar-refractivity contribution in [3.05, 3.63) is 42.4 Å². The number of carbonyl (C=O) groups is 1. The summed E-state index contributed by atoms with van der Waals surface area (Å²) in [5, 5.41) is 9.09. The number of hydrogen-bond donors (Lipinski definition) is 1. The largest absolute Gasteiger partial charge is 0.497 e. The molecule has 0 amide bonds. The van der Waals surface area contributed by atoms with Crippen molar-refractivity contribution in [1.29, 1.82) is 0 Å². The van der Waals surface area contributed by atoms with Crippen LogP contribution < -0.4 is 9.64 Å². The Hall–Kier alpha value is -2.63. The van der Waals surface area contributed by atoms with Crippen molar-refractivity contribution in [1.82, 2.24) is 9.97 Å². The number of hydrogen-bond acceptors (Lipinski definition) is 5. The maximum atomic E-state index is 11.1. The molecule has 0 spiro atoms. The second-order valence-corrected chi connectivity index (χ2v) is 3.79. The molecule has 0 atom stereocenters. The molecule has 0 radical (unpaired) electrons. The lowest BCUT2D eigenvalue weighted by atomic mass is 10.2. The average molecular weight is 259 g/mol. The van der Waals surface area contributed by atoms with Crippen molar-refractivity contribution in [3.63, 3.8) is 0 Å². The highest BCUT2D eigenvalue weighted by Gasteiger charge is 2.17. The molecular formula is C13H13N3O3. The highest BCUT2D eigenvalue weighted by Crippen LogP contribution is 2.25. The summed E-state index contributed by atoms with van der Waals surface area (Å²) in [7, 11) is 3.32. The van der Waals surface area contributed by atoms with Crippen molar-refractivity contribution in [2.45, 2.75) is 0 Å². The van der Waals surface area contributed by atoms with Gasteiger partial charge in [0, 0.05) is 25.1 Å². The van der Waals surface area contributed by atoms with Crippen LogP contribution in [0.1, 0.15) is 10.5 Å². The molecule has 6 nitrogen and oxygen atoms in total. The van der Waals surface area contributed by atoms with Crippen LogP contribution in [0.25, 0.3) is 0 Å². The summed E-state index contributed by atoms with van der Waals surface area (Å²) in [6.07, 6.45) is 2.82. The van der Waals surface area contributed by atoms with Crippen LogP contribution in [0.2, 0.25) is 0 Å². The smallest absolute Gasteiger partial charge is 0.358 e. The lowest BCUT2D eigenvalue weighted by molar-refractivity contribution is 0.0691. The van der Waals surface area contributed by atoms with E-state index in [0.29, 0.717) is 5.82 Å². The maximum absolute atomic E-state index is 11.1. The molecule has 1 heterocycles. The molecule has 2 rings (SSSR count). The second-order valence-electron chi connectivity index (χ2n) is 3.79. The molecule has 6 heteroatoms. The molecule has 0 aliphatic carbocycles. The van der Waals surface area contributed by atoms with Crippen molar-refractivity contribution in [3.8, 4) is 5.75 Å². The van der Waals surface area contributed by atoms with Crippen LogP contribution in [0.4, 0.5) is 11.5 Å². The molecule has 1 aromatic heterocycles. The summed E-state index contributed by atoms with van der Waals surface area (Å²) in [6.45, 7) is 0. The quantitative estimate of drug-likeness (QED) is 0.904. The minimum Gasteiger partial charge on any atom is -0.497 e. The van der Waals surface area contributed by atoms with Crippen molar-refractivity contribution in [2.24, 2.45) is 0 Å². The fraction of sp³-hybridized carbons (Fsp3) is 0.154. The van der Waals surface area contributed by atoms with E-state index in [0.717, 1.165) is 11.4 Å². The Bertz CT molecular complexity index is 584. The van der Waals surface area contributed by atoms with Gasteiger partial charge >= 0.3 is 5.97 Å². The highest BCUT2D eigenvalue weighted by molar-refractivity contribution is 5.92. The molecule has 0 aliphatic rings. The van der Waals surface area contributed by atoms with E-state index < -0.39 is 5.97 Å². The zero-order valence-corrected chi connectivity index (χ0v) is 10.6. The Labute approximate surface area is 110 Å². The predicted molar refractivity (Wildman–Crippen MR) is 70.0 cm³/mol. The monoisotopic (exact) mass is 259 g/mol. The van der Waals surface area contributed by atoms with Gasteiger partial charge in [-0.3, -0.25) is 0 Å². The third kappa shape index (κ3) is 2.62. The van der Waals surface area contributed by atoms with Gasteiger partial charge in [0.1, 0.15) is 5.75 Å². The van der Waals surface area contributed by atoms with E-state index in [2.05, 4.69) is 9.97 Å². The van der Waals surface area contributed by atoms with Gasteiger partial charge in [-0.2, -0.15) is 0 Å². The molecule has 0 bridgehead atoms. The van der Waals surface area contributed by atoms with Crippen LogP contribution in [0, 0.1) is 0 Å². The van der Waals surface area contributed by atoms with E-state index in [9.17, 15) is 4.79 Å². The molecule has 0 saturated heterocycles. The standard InChI is InChI=1S/C13H13N3O3/c1-16(9-3-5-10(19-2)6-4-9)12-11(13(17)18)14-7-8-15-12/h3-8H,1-2H3,(H,17,18). The molecule has 0 unspecified atom stereocenters. The summed E-state index contributed by atoms with van der Waals surface area (Å²) in [4.78, 5) is 20.7. The van der Waals surface area contributed by atoms with E-state index in [4.69, 9.17) is 9.84 Å². The number of aromatic carboxylic acids is 1. The van der Waals surface area contributed by atoms with Gasteiger partial charge in [0.15, 0.2) is 11.5 Å². The number of ether oxygens (including phenoxy) is 1. The normalized spacial score (nSPS) is 10.0. The van der Waals surface area contributed by atoms with Gasteiger partial charge in [-0.25, -0.2) is 14.8 Å². The number of methoxy groups -OCH3 is 1. The summed E-state index contributed by atoms with van der Waals surface area (Å²) >= 11 is 0. The van der Waals surface area contributed by atoms with Crippen LogP contribution in [0.5, 0.6) is 5.75 Å². The fourth-order valence-electron chi connectivity index (χ4n) is 1.66. The number of carboxylic acids is 1. The summed E-state index contributed by atoms with van der Waals surface area (Å²) in [5.74, 6) is -0.0848. The topological polar surface area (TPSA) is 75.5 Å². The zero-order valence-electron chi connectivity index (χ0n) is 10.6. The molecule has 0 saturated carbocycles. The Morgan fingerprint density at radius 3 is 2.42 bits per heavy atom. The first-order valence-electron chi connectivity index (χ1n) is 5.55. The van der Waals surface area contributed by atoms with Crippen LogP contribution in [0.3, 0.4) is 0 Å². The molecule has 19 heavy (non-hydrogen) atoms. The van der Waals surface area contributed by atoms with Gasteiger partial charge in [-0.15, -0.1) is 0 Å². The van der Waals surface area contributed by atoms with Crippen molar-refractivity contribution < 1.29 is 14.6 Å². The average Bonchev–Trinajstić information content (AvgIpc) is 2.46. The molecule has 1 aromatic carbocycles. The van der Waals surface area contributed by atoms with Crippen LogP contribution in [-0.4, -0.2) is 35.2 Å². The Morgan fingerprint density at radius 2 is 1.84 bits per heavy atom. The minimum absolute atomic E-state index is 0.0826. The van der Waals surface area contributed by atoms with Crippen molar-refractivity contribution in [2.75, 3.05) is 19.1 Å². The Balaban J connectivity index is 2.37. The first kappa shape index (κ1) is 12.8. The molecule has 2 aromatic rings. The van der Waals surface area contributed by atoms with Gasteiger partial charge < -0.3 is 14.7 Å². The minimum atomic E-state index is -1.11. The first-order valence-corrected chi connectivity index (χ1v) is 5.55. The predicted octanol–water partition coefficient (Wildman–Crippen LogP) is 1.95. The lowest BCUT2D eigenvalue weighted by Gasteiger charge is -2.19. The SMILES string of the molecule is COc1ccc(N(C)c2nccnc2C(=O)O)cc1. The van der Waals surface area contributed by atoms with E-state index in [-0.39, 0.29) is 5.69 Å². The number of rotatable bonds is 4. The van der Waals surface area contributed by atoms with Gasteiger partial charge in [0.25, 0.3) is 0 Å². The lowest BCUT2D eigenvalue weighted by Crippen LogP contribution is -2.16. The van der Waals surface area contributed by atoms with Gasteiger partial charge in [-0.1, -0.05) is 0 Å². The van der Waals surface area contributed by atoms with E-state index in [1.54, 1.807) is 31.2 Å². The Kier molecular flexibility index (Phi) is 3.61. The van der Waals surface area contributed by atoms with Crippen LogP contribution >= 0.6 is 0 Å². The molecule has 0 aliphatic heterocycles. The maximum Gasteiger partial charge on any atom is 0.358 e. The molecule has 0 fully saturated rings.